The maximum absolute atomic E-state index is 12.7. The smallest absolute Gasteiger partial charge is 0.330 e. The lowest BCUT2D eigenvalue weighted by molar-refractivity contribution is -0.176. The summed E-state index contributed by atoms with van der Waals surface area (Å²) >= 11 is 0. The SMILES string of the molecule is CCN(Cc1cccc(C)n1)CC(CN)C(F)(F)F. The molecule has 0 aliphatic carbocycles. The average Bonchev–Trinajstić information content (AvgIpc) is 2.32. The molecule has 0 fully saturated rings. The van der Waals surface area contributed by atoms with Crippen LogP contribution >= 0.6 is 0 Å². The Hall–Kier alpha value is -1.14. The molecule has 1 atom stereocenters. The van der Waals surface area contributed by atoms with Crippen molar-refractivity contribution in [2.75, 3.05) is 19.6 Å². The van der Waals surface area contributed by atoms with Gasteiger partial charge in [0.05, 0.1) is 11.6 Å². The number of nitrogens with zero attached hydrogens (tertiary/aromatic N) is 2. The first kappa shape index (κ1) is 15.9. The molecule has 0 saturated carbocycles. The molecule has 0 aromatic carbocycles. The number of aromatic nitrogens is 1. The molecule has 1 unspecified atom stereocenters. The van der Waals surface area contributed by atoms with Gasteiger partial charge < -0.3 is 5.73 Å². The molecule has 0 aliphatic rings. The molecular weight excluding hydrogens is 255 g/mol. The highest BCUT2D eigenvalue weighted by Crippen LogP contribution is 2.26. The van der Waals surface area contributed by atoms with Crippen LogP contribution in [-0.2, 0) is 6.54 Å². The number of pyridine rings is 1. The molecule has 0 spiro atoms. The van der Waals surface area contributed by atoms with Crippen molar-refractivity contribution in [3.8, 4) is 0 Å². The van der Waals surface area contributed by atoms with E-state index >= 15 is 0 Å². The first-order valence-corrected chi connectivity index (χ1v) is 6.28. The van der Waals surface area contributed by atoms with E-state index in [1.54, 1.807) is 4.90 Å². The monoisotopic (exact) mass is 275 g/mol. The van der Waals surface area contributed by atoms with Crippen LogP contribution in [0.5, 0.6) is 0 Å². The second-order valence-electron chi connectivity index (χ2n) is 4.57. The third-order valence-corrected chi connectivity index (χ3v) is 3.00. The molecule has 1 aromatic heterocycles. The summed E-state index contributed by atoms with van der Waals surface area (Å²) in [5, 5.41) is 0. The van der Waals surface area contributed by atoms with Crippen LogP contribution in [0, 0.1) is 12.8 Å². The fourth-order valence-electron chi connectivity index (χ4n) is 1.85. The van der Waals surface area contributed by atoms with Crippen LogP contribution < -0.4 is 5.73 Å². The minimum Gasteiger partial charge on any atom is -0.330 e. The number of nitrogens with two attached hydrogens (primary N) is 1. The number of hydrogen-bond donors (Lipinski definition) is 1. The van der Waals surface area contributed by atoms with Gasteiger partial charge in [0.1, 0.15) is 0 Å². The molecule has 1 aromatic rings. The van der Waals surface area contributed by atoms with Gasteiger partial charge >= 0.3 is 6.18 Å². The number of alkyl halides is 3. The van der Waals surface area contributed by atoms with Gasteiger partial charge in [0.2, 0.25) is 0 Å². The molecule has 0 radical (unpaired) electrons. The minimum atomic E-state index is -4.25. The Kier molecular flexibility index (Phi) is 5.75. The number of aryl methyl sites for hydroxylation is 1. The quantitative estimate of drug-likeness (QED) is 0.866. The molecular formula is C13H20F3N3. The van der Waals surface area contributed by atoms with Crippen molar-refractivity contribution >= 4 is 0 Å². The summed E-state index contributed by atoms with van der Waals surface area (Å²) in [5.74, 6) is -1.49. The average molecular weight is 275 g/mol. The zero-order chi connectivity index (χ0) is 14.5. The van der Waals surface area contributed by atoms with Gasteiger partial charge in [0, 0.05) is 25.3 Å². The van der Waals surface area contributed by atoms with E-state index in [0.717, 1.165) is 11.4 Å². The van der Waals surface area contributed by atoms with Crippen molar-refractivity contribution in [2.24, 2.45) is 11.7 Å². The molecule has 0 aliphatic heterocycles. The Labute approximate surface area is 111 Å². The van der Waals surface area contributed by atoms with Gasteiger partial charge in [0.25, 0.3) is 0 Å². The Balaban J connectivity index is 2.68. The van der Waals surface area contributed by atoms with Crippen molar-refractivity contribution in [1.82, 2.24) is 9.88 Å². The summed E-state index contributed by atoms with van der Waals surface area (Å²) in [6, 6.07) is 5.54. The molecule has 19 heavy (non-hydrogen) atoms. The zero-order valence-corrected chi connectivity index (χ0v) is 11.2. The van der Waals surface area contributed by atoms with Gasteiger partial charge in [0.15, 0.2) is 0 Å². The predicted octanol–water partition coefficient (Wildman–Crippen LogP) is 2.35. The molecule has 1 rings (SSSR count). The maximum atomic E-state index is 12.7. The summed E-state index contributed by atoms with van der Waals surface area (Å²) in [5.41, 5.74) is 6.86. The first-order chi connectivity index (χ1) is 8.86. The van der Waals surface area contributed by atoms with E-state index in [-0.39, 0.29) is 13.1 Å². The molecule has 6 heteroatoms. The van der Waals surface area contributed by atoms with Crippen molar-refractivity contribution in [3.05, 3.63) is 29.6 Å². The fraction of sp³-hybridized carbons (Fsp3) is 0.615. The summed E-state index contributed by atoms with van der Waals surface area (Å²) < 4.78 is 38.1. The van der Waals surface area contributed by atoms with E-state index in [0.29, 0.717) is 13.1 Å². The highest BCUT2D eigenvalue weighted by molar-refractivity contribution is 5.09. The standard InChI is InChI=1S/C13H20F3N3/c1-3-19(8-11(7-17)13(14,15)16)9-12-6-4-5-10(2)18-12/h4-6,11H,3,7-9,17H2,1-2H3. The van der Waals surface area contributed by atoms with Crippen LogP contribution in [0.3, 0.4) is 0 Å². The Bertz CT molecular complexity index is 393. The summed E-state index contributed by atoms with van der Waals surface area (Å²) in [7, 11) is 0. The lowest BCUT2D eigenvalue weighted by Crippen LogP contribution is -2.40. The minimum absolute atomic E-state index is 0.0911. The van der Waals surface area contributed by atoms with Gasteiger partial charge in [-0.2, -0.15) is 13.2 Å². The fourth-order valence-corrected chi connectivity index (χ4v) is 1.85. The summed E-state index contributed by atoms with van der Waals surface area (Å²) in [6.45, 7) is 4.15. The van der Waals surface area contributed by atoms with Crippen LogP contribution in [0.4, 0.5) is 13.2 Å². The number of hydrogen-bond acceptors (Lipinski definition) is 3. The van der Waals surface area contributed by atoms with Gasteiger partial charge in [-0.25, -0.2) is 0 Å². The molecule has 0 amide bonds. The molecule has 0 saturated heterocycles. The van der Waals surface area contributed by atoms with Gasteiger partial charge in [-0.05, 0) is 25.6 Å². The third kappa shape index (κ3) is 5.16. The van der Waals surface area contributed by atoms with Crippen LogP contribution in [0.25, 0.3) is 0 Å². The first-order valence-electron chi connectivity index (χ1n) is 6.28. The van der Waals surface area contributed by atoms with Crippen LogP contribution in [0.15, 0.2) is 18.2 Å². The van der Waals surface area contributed by atoms with E-state index in [4.69, 9.17) is 5.73 Å². The molecule has 1 heterocycles. The van der Waals surface area contributed by atoms with Gasteiger partial charge in [-0.3, -0.25) is 9.88 Å². The second-order valence-corrected chi connectivity index (χ2v) is 4.57. The summed E-state index contributed by atoms with van der Waals surface area (Å²) in [4.78, 5) is 6.02. The lowest BCUT2D eigenvalue weighted by Gasteiger charge is -2.26. The van der Waals surface area contributed by atoms with Gasteiger partial charge in [-0.1, -0.05) is 13.0 Å². The van der Waals surface area contributed by atoms with E-state index in [2.05, 4.69) is 4.98 Å². The highest BCUT2D eigenvalue weighted by atomic mass is 19.4. The highest BCUT2D eigenvalue weighted by Gasteiger charge is 2.39. The number of halogens is 3. The van der Waals surface area contributed by atoms with E-state index in [1.807, 2.05) is 32.0 Å². The van der Waals surface area contributed by atoms with Gasteiger partial charge in [-0.15, -0.1) is 0 Å². The van der Waals surface area contributed by atoms with Crippen molar-refractivity contribution in [3.63, 3.8) is 0 Å². The zero-order valence-electron chi connectivity index (χ0n) is 11.2. The number of rotatable bonds is 6. The van der Waals surface area contributed by atoms with Crippen molar-refractivity contribution in [2.45, 2.75) is 26.6 Å². The van der Waals surface area contributed by atoms with Crippen molar-refractivity contribution < 1.29 is 13.2 Å². The topological polar surface area (TPSA) is 42.2 Å². The maximum Gasteiger partial charge on any atom is 0.394 e. The van der Waals surface area contributed by atoms with E-state index in [1.165, 1.54) is 0 Å². The lowest BCUT2D eigenvalue weighted by atomic mass is 10.1. The summed E-state index contributed by atoms with van der Waals surface area (Å²) in [6.07, 6.45) is -4.25. The van der Waals surface area contributed by atoms with Crippen LogP contribution in [-0.4, -0.2) is 35.7 Å². The van der Waals surface area contributed by atoms with Crippen LogP contribution in [0.1, 0.15) is 18.3 Å². The predicted molar refractivity (Wildman–Crippen MR) is 68.5 cm³/mol. The van der Waals surface area contributed by atoms with E-state index < -0.39 is 12.1 Å². The molecule has 0 bridgehead atoms. The molecule has 2 N–H and O–H groups in total. The van der Waals surface area contributed by atoms with Crippen molar-refractivity contribution in [1.29, 1.82) is 0 Å². The van der Waals surface area contributed by atoms with E-state index in [9.17, 15) is 13.2 Å². The third-order valence-electron chi connectivity index (χ3n) is 3.00. The molecule has 3 nitrogen and oxygen atoms in total. The normalized spacial score (nSPS) is 13.8. The largest absolute Gasteiger partial charge is 0.394 e. The second kappa shape index (κ2) is 6.86. The Morgan fingerprint density at radius 2 is 2.05 bits per heavy atom. The Morgan fingerprint density at radius 3 is 2.53 bits per heavy atom. The van der Waals surface area contributed by atoms with Crippen LogP contribution in [0.2, 0.25) is 0 Å². The molecule has 108 valence electrons. The Morgan fingerprint density at radius 1 is 1.37 bits per heavy atom.